The highest BCUT2D eigenvalue weighted by Gasteiger charge is 2.32. The van der Waals surface area contributed by atoms with Crippen LogP contribution in [-0.2, 0) is 14.3 Å². The van der Waals surface area contributed by atoms with E-state index in [2.05, 4.69) is 10.6 Å². The molecule has 10 heteroatoms. The van der Waals surface area contributed by atoms with Gasteiger partial charge < -0.3 is 20.3 Å². The van der Waals surface area contributed by atoms with Crippen LogP contribution in [0.15, 0.2) is 17.8 Å². The number of esters is 1. The zero-order valence-electron chi connectivity index (χ0n) is 17.3. The molecule has 2 N–H and O–H groups in total. The fraction of sp³-hybridized carbons (Fsp3) is 0.476. The van der Waals surface area contributed by atoms with Gasteiger partial charge in [-0.1, -0.05) is 23.2 Å². The van der Waals surface area contributed by atoms with Crippen LogP contribution in [-0.4, -0.2) is 49.4 Å². The van der Waals surface area contributed by atoms with E-state index in [1.807, 2.05) is 0 Å². The Labute approximate surface area is 189 Å². The zero-order valence-corrected chi connectivity index (χ0v) is 18.8. The summed E-state index contributed by atoms with van der Waals surface area (Å²) in [5, 5.41) is 5.50. The standard InChI is InChI=1S/C21H24Cl2FN3O4/c1-3-31-21(30)15(9-25-12-4-5-12)20(29)14-8-16(24)19(18(23)17(14)22)27-7-6-13(10-27)26-11(2)28/h8-9,12-13,25H,3-7,10H2,1-2H3,(H,26,28). The van der Waals surface area contributed by atoms with Crippen molar-refractivity contribution in [2.75, 3.05) is 24.6 Å². The summed E-state index contributed by atoms with van der Waals surface area (Å²) in [4.78, 5) is 38.3. The minimum absolute atomic E-state index is 0.0637. The first-order chi connectivity index (χ1) is 14.7. The fourth-order valence-corrected chi connectivity index (χ4v) is 3.97. The maximum atomic E-state index is 15.1. The molecule has 31 heavy (non-hydrogen) atoms. The molecule has 1 aromatic rings. The Morgan fingerprint density at radius 3 is 2.55 bits per heavy atom. The number of hydrogen-bond donors (Lipinski definition) is 2. The molecule has 1 aromatic carbocycles. The van der Waals surface area contributed by atoms with Crippen LogP contribution in [0.1, 0.15) is 43.5 Å². The molecule has 1 atom stereocenters. The van der Waals surface area contributed by atoms with Gasteiger partial charge in [0, 0.05) is 43.9 Å². The van der Waals surface area contributed by atoms with E-state index in [1.165, 1.54) is 13.1 Å². The first kappa shape index (κ1) is 23.3. The van der Waals surface area contributed by atoms with Crippen LogP contribution in [0.25, 0.3) is 0 Å². The normalized spacial score (nSPS) is 18.7. The molecule has 7 nitrogen and oxygen atoms in total. The largest absolute Gasteiger partial charge is 0.462 e. The molecule has 0 bridgehead atoms. The lowest BCUT2D eigenvalue weighted by Crippen LogP contribution is -2.35. The van der Waals surface area contributed by atoms with Crippen molar-refractivity contribution in [3.8, 4) is 0 Å². The van der Waals surface area contributed by atoms with Crippen LogP contribution >= 0.6 is 23.2 Å². The Morgan fingerprint density at radius 1 is 1.23 bits per heavy atom. The first-order valence-electron chi connectivity index (χ1n) is 10.1. The van der Waals surface area contributed by atoms with E-state index in [0.717, 1.165) is 18.9 Å². The number of ketones is 1. The van der Waals surface area contributed by atoms with Gasteiger partial charge in [-0.3, -0.25) is 9.59 Å². The molecule has 2 aliphatic rings. The molecule has 2 fully saturated rings. The summed E-state index contributed by atoms with van der Waals surface area (Å²) >= 11 is 12.7. The molecule has 0 spiro atoms. The second-order valence-electron chi connectivity index (χ2n) is 7.56. The van der Waals surface area contributed by atoms with Crippen molar-refractivity contribution in [3.05, 3.63) is 39.3 Å². The van der Waals surface area contributed by atoms with Crippen LogP contribution in [0.3, 0.4) is 0 Å². The Kier molecular flexibility index (Phi) is 7.43. The summed E-state index contributed by atoms with van der Waals surface area (Å²) in [6.45, 7) is 3.94. The zero-order chi connectivity index (χ0) is 22.7. The number of amides is 1. The van der Waals surface area contributed by atoms with Crippen molar-refractivity contribution in [2.24, 2.45) is 0 Å². The van der Waals surface area contributed by atoms with Gasteiger partial charge in [0.2, 0.25) is 11.7 Å². The highest BCUT2D eigenvalue weighted by atomic mass is 35.5. The summed E-state index contributed by atoms with van der Waals surface area (Å²) in [5.41, 5.74) is -0.429. The number of anilines is 1. The summed E-state index contributed by atoms with van der Waals surface area (Å²) in [6.07, 6.45) is 3.79. The van der Waals surface area contributed by atoms with Crippen LogP contribution in [0.2, 0.25) is 10.0 Å². The van der Waals surface area contributed by atoms with E-state index in [1.54, 1.807) is 11.8 Å². The SMILES string of the molecule is CCOC(=O)C(=CNC1CC1)C(=O)c1cc(F)c(N2CCC(NC(C)=O)C2)c(Cl)c1Cl. The van der Waals surface area contributed by atoms with E-state index in [4.69, 9.17) is 27.9 Å². The van der Waals surface area contributed by atoms with E-state index in [9.17, 15) is 14.4 Å². The number of benzene rings is 1. The maximum absolute atomic E-state index is 15.1. The van der Waals surface area contributed by atoms with Gasteiger partial charge >= 0.3 is 5.97 Å². The van der Waals surface area contributed by atoms with E-state index < -0.39 is 17.6 Å². The number of ether oxygens (including phenoxy) is 1. The van der Waals surface area contributed by atoms with Gasteiger partial charge in [-0.05, 0) is 32.3 Å². The van der Waals surface area contributed by atoms with Crippen molar-refractivity contribution in [3.63, 3.8) is 0 Å². The average molecular weight is 472 g/mol. The third kappa shape index (κ3) is 5.49. The fourth-order valence-electron chi connectivity index (χ4n) is 3.43. The Bertz CT molecular complexity index is 934. The molecular formula is C21H24Cl2FN3O4. The smallest absolute Gasteiger partial charge is 0.343 e. The number of hydrogen-bond acceptors (Lipinski definition) is 6. The van der Waals surface area contributed by atoms with Crippen molar-refractivity contribution in [2.45, 2.75) is 45.2 Å². The van der Waals surface area contributed by atoms with Gasteiger partial charge in [0.05, 0.1) is 22.3 Å². The maximum Gasteiger partial charge on any atom is 0.343 e. The molecule has 1 saturated carbocycles. The minimum atomic E-state index is -0.824. The predicted molar refractivity (Wildman–Crippen MR) is 116 cm³/mol. The molecule has 1 unspecified atom stereocenters. The highest BCUT2D eigenvalue weighted by molar-refractivity contribution is 6.46. The van der Waals surface area contributed by atoms with E-state index in [0.29, 0.717) is 19.5 Å². The molecule has 168 valence electrons. The third-order valence-electron chi connectivity index (χ3n) is 5.07. The summed E-state index contributed by atoms with van der Waals surface area (Å²) in [6, 6.07) is 1.05. The number of halogens is 3. The van der Waals surface area contributed by atoms with Crippen LogP contribution in [0.5, 0.6) is 0 Å². The summed E-state index contributed by atoms with van der Waals surface area (Å²) < 4.78 is 20.0. The number of carbonyl (C=O) groups excluding carboxylic acids is 3. The minimum Gasteiger partial charge on any atom is -0.462 e. The molecule has 1 aliphatic carbocycles. The number of nitrogens with one attached hydrogen (secondary N) is 2. The van der Waals surface area contributed by atoms with Crippen LogP contribution in [0, 0.1) is 5.82 Å². The number of Topliss-reactive ketones (excluding diaryl/α,β-unsaturated/α-hetero) is 1. The van der Waals surface area contributed by atoms with Gasteiger partial charge in [-0.2, -0.15) is 0 Å². The second-order valence-corrected chi connectivity index (χ2v) is 8.32. The predicted octanol–water partition coefficient (Wildman–Crippen LogP) is 3.23. The topological polar surface area (TPSA) is 87.7 Å². The lowest BCUT2D eigenvalue weighted by atomic mass is 10.0. The second kappa shape index (κ2) is 9.87. The van der Waals surface area contributed by atoms with E-state index in [-0.39, 0.29) is 51.5 Å². The van der Waals surface area contributed by atoms with Crippen LogP contribution in [0.4, 0.5) is 10.1 Å². The summed E-state index contributed by atoms with van der Waals surface area (Å²) in [7, 11) is 0. The Hall–Kier alpha value is -2.32. The molecule has 1 amide bonds. The van der Waals surface area contributed by atoms with Gasteiger partial charge in [0.15, 0.2) is 0 Å². The lowest BCUT2D eigenvalue weighted by molar-refractivity contribution is -0.138. The molecule has 1 aliphatic heterocycles. The third-order valence-corrected chi connectivity index (χ3v) is 5.93. The molecule has 3 rings (SSSR count). The number of nitrogens with zero attached hydrogens (tertiary/aromatic N) is 1. The average Bonchev–Trinajstić information content (AvgIpc) is 3.43. The van der Waals surface area contributed by atoms with Crippen molar-refractivity contribution < 1.29 is 23.5 Å². The van der Waals surface area contributed by atoms with Crippen molar-refractivity contribution >= 4 is 46.5 Å². The van der Waals surface area contributed by atoms with Gasteiger partial charge in [-0.15, -0.1) is 0 Å². The quantitative estimate of drug-likeness (QED) is 0.151. The molecular weight excluding hydrogens is 448 g/mol. The van der Waals surface area contributed by atoms with Gasteiger partial charge in [0.25, 0.3) is 0 Å². The van der Waals surface area contributed by atoms with E-state index >= 15 is 4.39 Å². The monoisotopic (exact) mass is 471 g/mol. The van der Waals surface area contributed by atoms with Crippen LogP contribution < -0.4 is 15.5 Å². The van der Waals surface area contributed by atoms with Crippen molar-refractivity contribution in [1.29, 1.82) is 0 Å². The Balaban J connectivity index is 1.89. The lowest BCUT2D eigenvalue weighted by Gasteiger charge is -2.22. The van der Waals surface area contributed by atoms with Gasteiger partial charge in [-0.25, -0.2) is 9.18 Å². The number of rotatable bonds is 8. The number of carbonyl (C=O) groups is 3. The van der Waals surface area contributed by atoms with Gasteiger partial charge in [0.1, 0.15) is 11.4 Å². The summed E-state index contributed by atoms with van der Waals surface area (Å²) in [5.74, 6) is -2.51. The Morgan fingerprint density at radius 2 is 1.94 bits per heavy atom. The molecule has 0 aromatic heterocycles. The molecule has 1 saturated heterocycles. The molecule has 1 heterocycles. The highest BCUT2D eigenvalue weighted by Crippen LogP contribution is 2.40. The molecule has 0 radical (unpaired) electrons. The first-order valence-corrected chi connectivity index (χ1v) is 10.9. The van der Waals surface area contributed by atoms with Crippen molar-refractivity contribution in [1.82, 2.24) is 10.6 Å².